The Kier molecular flexibility index (Phi) is 7.59. The quantitative estimate of drug-likeness (QED) is 0.448. The predicted molar refractivity (Wildman–Crippen MR) is 151 cm³/mol. The molecule has 5 rings (SSSR count). The van der Waals surface area contributed by atoms with Gasteiger partial charge in [0.25, 0.3) is 0 Å². The SMILES string of the molecule is C=CC(=O)N1CCC[C@@H](NC(=O)/C(C)=C2\NC(=O)N(c3ccc(Oc4ccccc4)nc3)c3ccnc(C)c32)C1. The van der Waals surface area contributed by atoms with Crippen LogP contribution in [-0.4, -0.2) is 51.8 Å². The van der Waals surface area contributed by atoms with Gasteiger partial charge in [0.15, 0.2) is 0 Å². The van der Waals surface area contributed by atoms with E-state index in [-0.39, 0.29) is 17.9 Å². The molecule has 1 atom stereocenters. The number of aryl methyl sites for hydroxylation is 1. The van der Waals surface area contributed by atoms with Crippen molar-refractivity contribution in [2.75, 3.05) is 18.0 Å². The van der Waals surface area contributed by atoms with E-state index < -0.39 is 6.03 Å². The molecule has 1 fully saturated rings. The van der Waals surface area contributed by atoms with Crippen molar-refractivity contribution in [1.82, 2.24) is 25.5 Å². The molecule has 0 bridgehead atoms. The van der Waals surface area contributed by atoms with Gasteiger partial charge in [-0.2, -0.15) is 0 Å². The van der Waals surface area contributed by atoms with E-state index >= 15 is 0 Å². The summed E-state index contributed by atoms with van der Waals surface area (Å²) in [5.41, 5.74) is 3.15. The largest absolute Gasteiger partial charge is 0.439 e. The number of likely N-dealkylation sites (tertiary alicyclic amines) is 1. The Morgan fingerprint density at radius 3 is 2.67 bits per heavy atom. The van der Waals surface area contributed by atoms with Crippen LogP contribution in [0.5, 0.6) is 11.6 Å². The molecule has 1 aromatic carbocycles. The van der Waals surface area contributed by atoms with Crippen molar-refractivity contribution in [3.05, 3.63) is 90.4 Å². The van der Waals surface area contributed by atoms with Crippen LogP contribution in [0.4, 0.5) is 16.2 Å². The van der Waals surface area contributed by atoms with Crippen LogP contribution in [0.2, 0.25) is 0 Å². The Morgan fingerprint density at radius 1 is 1.15 bits per heavy atom. The highest BCUT2D eigenvalue weighted by atomic mass is 16.5. The van der Waals surface area contributed by atoms with Crippen LogP contribution in [0, 0.1) is 6.92 Å². The molecule has 0 radical (unpaired) electrons. The number of piperidine rings is 1. The summed E-state index contributed by atoms with van der Waals surface area (Å²) in [7, 11) is 0. The van der Waals surface area contributed by atoms with E-state index in [0.29, 0.717) is 58.6 Å². The van der Waals surface area contributed by atoms with E-state index in [0.717, 1.165) is 12.8 Å². The van der Waals surface area contributed by atoms with Gasteiger partial charge in [0, 0.05) is 48.2 Å². The van der Waals surface area contributed by atoms with E-state index in [1.54, 1.807) is 42.4 Å². The van der Waals surface area contributed by atoms with Gasteiger partial charge in [-0.1, -0.05) is 24.8 Å². The normalized spacial score (nSPS) is 17.9. The molecule has 4 amide bonds. The lowest BCUT2D eigenvalue weighted by Crippen LogP contribution is -2.50. The number of nitrogens with zero attached hydrogens (tertiary/aromatic N) is 4. The number of anilines is 2. The highest BCUT2D eigenvalue weighted by Gasteiger charge is 2.33. The summed E-state index contributed by atoms with van der Waals surface area (Å²) in [6.45, 7) is 8.09. The third-order valence-electron chi connectivity index (χ3n) is 6.95. The molecule has 0 aliphatic carbocycles. The number of benzene rings is 1. The van der Waals surface area contributed by atoms with Crippen LogP contribution in [0.25, 0.3) is 5.70 Å². The van der Waals surface area contributed by atoms with Crippen molar-refractivity contribution in [2.24, 2.45) is 0 Å². The third kappa shape index (κ3) is 5.42. The smallest absolute Gasteiger partial charge is 0.331 e. The fourth-order valence-electron chi connectivity index (χ4n) is 4.93. The zero-order chi connectivity index (χ0) is 28.2. The highest BCUT2D eigenvalue weighted by molar-refractivity contribution is 6.13. The maximum absolute atomic E-state index is 13.4. The van der Waals surface area contributed by atoms with Crippen molar-refractivity contribution in [3.63, 3.8) is 0 Å². The van der Waals surface area contributed by atoms with Gasteiger partial charge in [-0.25, -0.2) is 9.78 Å². The van der Waals surface area contributed by atoms with Crippen LogP contribution in [0.1, 0.15) is 31.0 Å². The molecule has 2 N–H and O–H groups in total. The van der Waals surface area contributed by atoms with Crippen LogP contribution < -0.4 is 20.3 Å². The van der Waals surface area contributed by atoms with Gasteiger partial charge in [0.05, 0.1) is 23.3 Å². The van der Waals surface area contributed by atoms with Crippen molar-refractivity contribution in [3.8, 4) is 11.6 Å². The van der Waals surface area contributed by atoms with Gasteiger partial charge in [-0.3, -0.25) is 19.5 Å². The van der Waals surface area contributed by atoms with Crippen molar-refractivity contribution in [2.45, 2.75) is 32.7 Å². The van der Waals surface area contributed by atoms with Crippen LogP contribution in [-0.2, 0) is 9.59 Å². The van der Waals surface area contributed by atoms with E-state index in [2.05, 4.69) is 27.2 Å². The van der Waals surface area contributed by atoms with Gasteiger partial charge in [0.2, 0.25) is 17.7 Å². The zero-order valence-electron chi connectivity index (χ0n) is 22.4. The number of rotatable bonds is 6. The maximum atomic E-state index is 13.4. The molecule has 4 heterocycles. The second-order valence-electron chi connectivity index (χ2n) is 9.63. The molecule has 0 saturated carbocycles. The van der Waals surface area contributed by atoms with Gasteiger partial charge in [-0.15, -0.1) is 0 Å². The van der Waals surface area contributed by atoms with Crippen LogP contribution in [0.3, 0.4) is 0 Å². The van der Waals surface area contributed by atoms with E-state index in [1.807, 2.05) is 37.3 Å². The second kappa shape index (κ2) is 11.4. The first-order valence-electron chi connectivity index (χ1n) is 13.0. The molecule has 2 aromatic heterocycles. The molecule has 10 heteroatoms. The number of ether oxygens (including phenoxy) is 1. The lowest BCUT2D eigenvalue weighted by Gasteiger charge is -2.34. The number of fused-ring (bicyclic) bond motifs is 1. The summed E-state index contributed by atoms with van der Waals surface area (Å²) in [5.74, 6) is 0.573. The first-order valence-corrected chi connectivity index (χ1v) is 13.0. The summed E-state index contributed by atoms with van der Waals surface area (Å²) >= 11 is 0. The number of pyridine rings is 2. The molecule has 40 heavy (non-hydrogen) atoms. The Balaban J connectivity index is 1.41. The number of urea groups is 1. The van der Waals surface area contributed by atoms with Gasteiger partial charge < -0.3 is 20.3 Å². The van der Waals surface area contributed by atoms with Crippen LogP contribution in [0.15, 0.2) is 79.2 Å². The number of aromatic nitrogens is 2. The van der Waals surface area contributed by atoms with Crippen molar-refractivity contribution >= 4 is 34.9 Å². The molecule has 10 nitrogen and oxygen atoms in total. The monoisotopic (exact) mass is 538 g/mol. The Hall–Kier alpha value is -4.99. The average molecular weight is 539 g/mol. The number of carbonyl (C=O) groups excluding carboxylic acids is 3. The summed E-state index contributed by atoms with van der Waals surface area (Å²) in [6, 6.07) is 13.8. The topological polar surface area (TPSA) is 117 Å². The number of hydrogen-bond acceptors (Lipinski definition) is 6. The first kappa shape index (κ1) is 26.6. The fraction of sp³-hybridized carbons (Fsp3) is 0.233. The molecule has 2 aliphatic rings. The molecule has 1 saturated heterocycles. The van der Waals surface area contributed by atoms with Crippen LogP contribution >= 0.6 is 0 Å². The molecular weight excluding hydrogens is 508 g/mol. The summed E-state index contributed by atoms with van der Waals surface area (Å²) < 4.78 is 5.78. The molecule has 2 aliphatic heterocycles. The summed E-state index contributed by atoms with van der Waals surface area (Å²) in [4.78, 5) is 50.8. The minimum absolute atomic E-state index is 0.154. The third-order valence-corrected chi connectivity index (χ3v) is 6.95. The minimum atomic E-state index is -0.431. The Morgan fingerprint density at radius 2 is 1.95 bits per heavy atom. The van der Waals surface area contributed by atoms with Crippen molar-refractivity contribution in [1.29, 1.82) is 0 Å². The fourth-order valence-corrected chi connectivity index (χ4v) is 4.93. The zero-order valence-corrected chi connectivity index (χ0v) is 22.4. The Labute approximate surface area is 232 Å². The molecule has 3 aromatic rings. The van der Waals surface area contributed by atoms with Crippen molar-refractivity contribution < 1.29 is 19.1 Å². The maximum Gasteiger partial charge on any atom is 0.331 e. The first-order chi connectivity index (χ1) is 19.4. The number of nitrogens with one attached hydrogen (secondary N) is 2. The number of para-hydroxylation sites is 1. The summed E-state index contributed by atoms with van der Waals surface area (Å²) in [5, 5.41) is 5.92. The summed E-state index contributed by atoms with van der Waals surface area (Å²) in [6.07, 6.45) is 6.00. The molecule has 204 valence electrons. The van der Waals surface area contributed by atoms with E-state index in [1.165, 1.54) is 11.0 Å². The average Bonchev–Trinajstić information content (AvgIpc) is 2.97. The number of hydrogen-bond donors (Lipinski definition) is 2. The number of carbonyl (C=O) groups is 3. The molecule has 0 unspecified atom stereocenters. The lowest BCUT2D eigenvalue weighted by atomic mass is 9.99. The molecule has 0 spiro atoms. The van der Waals surface area contributed by atoms with E-state index in [4.69, 9.17) is 4.74 Å². The predicted octanol–water partition coefficient (Wildman–Crippen LogP) is 4.46. The van der Waals surface area contributed by atoms with Gasteiger partial charge in [0.1, 0.15) is 5.75 Å². The van der Waals surface area contributed by atoms with E-state index in [9.17, 15) is 14.4 Å². The second-order valence-corrected chi connectivity index (χ2v) is 9.63. The lowest BCUT2D eigenvalue weighted by molar-refractivity contribution is -0.128. The Bertz CT molecular complexity index is 1490. The highest BCUT2D eigenvalue weighted by Crippen LogP contribution is 2.38. The number of amides is 4. The standard InChI is InChI=1S/C30H30N6O4/c1-4-26(37)35-16-8-9-21(18-35)33-29(38)19(2)28-27-20(3)31-15-14-24(27)36(30(39)34-28)22-12-13-25(32-17-22)40-23-10-6-5-7-11-23/h4-7,10-15,17,21H,1,8-9,16,18H2,2-3H3,(H,33,38)(H,34,39)/b28-19-/t21-/m1/s1. The van der Waals surface area contributed by atoms with Gasteiger partial charge in [-0.05, 0) is 57.0 Å². The minimum Gasteiger partial charge on any atom is -0.439 e. The molecular formula is C30H30N6O4. The van der Waals surface area contributed by atoms with Gasteiger partial charge >= 0.3 is 6.03 Å².